The molecule has 2 aromatic rings. The summed E-state index contributed by atoms with van der Waals surface area (Å²) < 4.78 is 20.6. The van der Waals surface area contributed by atoms with Crippen molar-refractivity contribution in [2.45, 2.75) is 0 Å². The quantitative estimate of drug-likeness (QED) is 0.225. The summed E-state index contributed by atoms with van der Waals surface area (Å²) in [5.41, 5.74) is 0.855. The van der Waals surface area contributed by atoms with E-state index in [1.54, 1.807) is 24.3 Å². The summed E-state index contributed by atoms with van der Waals surface area (Å²) in [5, 5.41) is 0. The summed E-state index contributed by atoms with van der Waals surface area (Å²) in [5.74, 6) is -2.41. The van der Waals surface area contributed by atoms with Gasteiger partial charge in [-0.15, -0.1) is 0 Å². The van der Waals surface area contributed by atoms with Crippen LogP contribution in [-0.2, 0) is 19.2 Å². The molecule has 0 aliphatic rings. The van der Waals surface area contributed by atoms with Crippen LogP contribution in [0.4, 0.5) is 0 Å². The monoisotopic (exact) mass is 460 g/mol. The van der Waals surface area contributed by atoms with Gasteiger partial charge in [0.25, 0.3) is 0 Å². The van der Waals surface area contributed by atoms with E-state index in [0.29, 0.717) is 11.1 Å². The number of carbonyl (C=O) groups is 4. The van der Waals surface area contributed by atoms with Gasteiger partial charge < -0.3 is 18.9 Å². The van der Waals surface area contributed by atoms with Crippen molar-refractivity contribution < 1.29 is 38.1 Å². The van der Waals surface area contributed by atoms with E-state index in [9.17, 15) is 19.2 Å². The highest BCUT2D eigenvalue weighted by atomic mass is 16.6. The summed E-state index contributed by atoms with van der Waals surface area (Å²) in [4.78, 5) is 46.4. The third-order valence-electron chi connectivity index (χ3n) is 3.94. The zero-order valence-corrected chi connectivity index (χ0v) is 18.0. The van der Waals surface area contributed by atoms with E-state index in [-0.39, 0.29) is 23.0 Å². The number of rotatable bonds is 10. The van der Waals surface area contributed by atoms with E-state index in [4.69, 9.17) is 18.9 Å². The third-order valence-corrected chi connectivity index (χ3v) is 3.94. The summed E-state index contributed by atoms with van der Waals surface area (Å²) in [6.07, 6.45) is 7.08. The molecule has 172 valence electrons. The molecule has 0 amide bonds. The van der Waals surface area contributed by atoms with E-state index in [2.05, 4.69) is 26.3 Å². The third kappa shape index (κ3) is 7.31. The molecule has 0 fully saturated rings. The average molecular weight is 460 g/mol. The van der Waals surface area contributed by atoms with E-state index in [0.717, 1.165) is 24.3 Å². The number of carbonyl (C=O) groups excluding carboxylic acids is 4. The van der Waals surface area contributed by atoms with Gasteiger partial charge in [-0.1, -0.05) is 38.5 Å². The molecule has 2 aromatic carbocycles. The molecule has 0 aliphatic carbocycles. The largest absolute Gasteiger partial charge is 0.423 e. The Balaban J connectivity index is 2.46. The predicted octanol–water partition coefficient (Wildman–Crippen LogP) is 4.22. The Kier molecular flexibility index (Phi) is 9.04. The molecule has 0 radical (unpaired) electrons. The van der Waals surface area contributed by atoms with Crippen LogP contribution in [0.1, 0.15) is 11.1 Å². The van der Waals surface area contributed by atoms with Gasteiger partial charge in [0, 0.05) is 47.6 Å². The van der Waals surface area contributed by atoms with Crippen LogP contribution in [0.2, 0.25) is 0 Å². The van der Waals surface area contributed by atoms with Crippen LogP contribution in [-0.4, -0.2) is 23.9 Å². The van der Waals surface area contributed by atoms with Crippen molar-refractivity contribution >= 4 is 36.0 Å². The van der Waals surface area contributed by atoms with Crippen LogP contribution in [0.15, 0.2) is 87.0 Å². The number of hydrogen-bond donors (Lipinski definition) is 0. The summed E-state index contributed by atoms with van der Waals surface area (Å²) in [7, 11) is 0. The van der Waals surface area contributed by atoms with Crippen molar-refractivity contribution in [1.82, 2.24) is 0 Å². The minimum absolute atomic E-state index is 0.0803. The van der Waals surface area contributed by atoms with Gasteiger partial charge in [-0.3, -0.25) is 0 Å². The molecule has 0 bridgehead atoms. The van der Waals surface area contributed by atoms with Gasteiger partial charge in [0.05, 0.1) is 0 Å². The zero-order chi connectivity index (χ0) is 25.1. The van der Waals surface area contributed by atoms with Crippen molar-refractivity contribution in [3.63, 3.8) is 0 Å². The lowest BCUT2D eigenvalue weighted by molar-refractivity contribution is -0.130. The van der Waals surface area contributed by atoms with Crippen molar-refractivity contribution in [3.05, 3.63) is 98.1 Å². The molecule has 2 rings (SSSR count). The lowest BCUT2D eigenvalue weighted by atomic mass is 10.1. The second-order valence-corrected chi connectivity index (χ2v) is 6.23. The number of hydrogen-bond acceptors (Lipinski definition) is 8. The minimum atomic E-state index is -0.726. The van der Waals surface area contributed by atoms with Crippen molar-refractivity contribution in [2.75, 3.05) is 0 Å². The number of esters is 4. The normalized spacial score (nSPS) is 10.0. The maximum absolute atomic E-state index is 11.8. The molecule has 0 unspecified atom stereocenters. The highest BCUT2D eigenvalue weighted by molar-refractivity contribution is 5.88. The van der Waals surface area contributed by atoms with E-state index in [1.165, 1.54) is 24.3 Å². The molecule has 0 N–H and O–H groups in total. The smallest absolute Gasteiger partial charge is 0.335 e. The van der Waals surface area contributed by atoms with Crippen molar-refractivity contribution in [3.8, 4) is 23.0 Å². The number of ether oxygens (including phenoxy) is 4. The minimum Gasteiger partial charge on any atom is -0.423 e. The first kappa shape index (κ1) is 25.3. The second-order valence-electron chi connectivity index (χ2n) is 6.23. The predicted molar refractivity (Wildman–Crippen MR) is 125 cm³/mol. The zero-order valence-electron chi connectivity index (χ0n) is 18.0. The standard InChI is InChI=1S/C26H20O8/c1-5-23(27)31-19-13-11-17(21(15-19)33-25(29)7-3)9-10-18-12-14-20(32-24(28)6-2)16-22(18)34-26(30)8-4/h5-16H,1-4H2/b10-9+. The molecular formula is C26H20O8. The fourth-order valence-electron chi connectivity index (χ4n) is 2.40. The highest BCUT2D eigenvalue weighted by Gasteiger charge is 2.12. The Labute approximate surface area is 195 Å². The first-order valence-corrected chi connectivity index (χ1v) is 9.62. The maximum Gasteiger partial charge on any atom is 0.335 e. The molecule has 8 nitrogen and oxygen atoms in total. The molecule has 8 heteroatoms. The summed E-state index contributed by atoms with van der Waals surface area (Å²) >= 11 is 0. The fourth-order valence-corrected chi connectivity index (χ4v) is 2.40. The van der Waals surface area contributed by atoms with Gasteiger partial charge >= 0.3 is 23.9 Å². The number of benzene rings is 2. The molecule has 0 spiro atoms. The molecule has 0 heterocycles. The van der Waals surface area contributed by atoms with Crippen LogP contribution in [0.25, 0.3) is 12.2 Å². The Hall–Kier alpha value is -4.98. The summed E-state index contributed by atoms with van der Waals surface area (Å²) in [6, 6.07) is 8.76. The lowest BCUT2D eigenvalue weighted by Gasteiger charge is -2.10. The van der Waals surface area contributed by atoms with Crippen LogP contribution >= 0.6 is 0 Å². The fraction of sp³-hybridized carbons (Fsp3) is 0. The van der Waals surface area contributed by atoms with Gasteiger partial charge in [-0.05, 0) is 24.3 Å². The van der Waals surface area contributed by atoms with Gasteiger partial charge in [0.15, 0.2) is 0 Å². The topological polar surface area (TPSA) is 105 Å². The van der Waals surface area contributed by atoms with Crippen molar-refractivity contribution in [1.29, 1.82) is 0 Å². The van der Waals surface area contributed by atoms with Gasteiger partial charge in [0.1, 0.15) is 23.0 Å². The Bertz CT molecular complexity index is 1110. The first-order chi connectivity index (χ1) is 16.3. The molecule has 0 aromatic heterocycles. The van der Waals surface area contributed by atoms with E-state index in [1.807, 2.05) is 0 Å². The molecule has 0 atom stereocenters. The average Bonchev–Trinajstić information content (AvgIpc) is 2.83. The van der Waals surface area contributed by atoms with E-state index < -0.39 is 23.9 Å². The van der Waals surface area contributed by atoms with Crippen molar-refractivity contribution in [2.24, 2.45) is 0 Å². The SMILES string of the molecule is C=CC(=O)Oc1ccc(/C=C/c2ccc(OC(=O)C=C)cc2OC(=O)C=C)c(OC(=O)C=C)c1. The van der Waals surface area contributed by atoms with Crippen LogP contribution in [0.3, 0.4) is 0 Å². The molecule has 0 saturated carbocycles. The Morgan fingerprint density at radius 3 is 1.18 bits per heavy atom. The van der Waals surface area contributed by atoms with E-state index >= 15 is 0 Å². The summed E-state index contributed by atoms with van der Waals surface area (Å²) in [6.45, 7) is 13.4. The molecule has 0 aliphatic heterocycles. The van der Waals surface area contributed by atoms with Crippen LogP contribution < -0.4 is 18.9 Å². The van der Waals surface area contributed by atoms with Crippen LogP contribution in [0, 0.1) is 0 Å². The first-order valence-electron chi connectivity index (χ1n) is 9.62. The molecule has 0 saturated heterocycles. The highest BCUT2D eigenvalue weighted by Crippen LogP contribution is 2.30. The van der Waals surface area contributed by atoms with Gasteiger partial charge in [0.2, 0.25) is 0 Å². The van der Waals surface area contributed by atoms with Gasteiger partial charge in [-0.25, -0.2) is 19.2 Å². The Morgan fingerprint density at radius 1 is 0.529 bits per heavy atom. The maximum atomic E-state index is 11.8. The Morgan fingerprint density at radius 2 is 0.853 bits per heavy atom. The second kappa shape index (κ2) is 12.2. The molecule has 34 heavy (non-hydrogen) atoms. The lowest BCUT2D eigenvalue weighted by Crippen LogP contribution is -2.07. The van der Waals surface area contributed by atoms with Gasteiger partial charge in [-0.2, -0.15) is 0 Å². The van der Waals surface area contributed by atoms with Crippen LogP contribution in [0.5, 0.6) is 23.0 Å². The molecular weight excluding hydrogens is 440 g/mol.